The Kier molecular flexibility index (Phi) is 4.33. The maximum atomic E-state index is 12.2. The molecule has 3 aromatic heterocycles. The second kappa shape index (κ2) is 6.57. The van der Waals surface area contributed by atoms with Gasteiger partial charge in [0, 0.05) is 23.1 Å². The Labute approximate surface area is 138 Å². The lowest BCUT2D eigenvalue weighted by Gasteiger charge is -2.06. The lowest BCUT2D eigenvalue weighted by molar-refractivity contribution is -0.116. The third-order valence-electron chi connectivity index (χ3n) is 3.55. The number of pyridine rings is 1. The molecule has 0 spiro atoms. The molecule has 0 radical (unpaired) electrons. The summed E-state index contributed by atoms with van der Waals surface area (Å²) in [6.45, 7) is 4.27. The van der Waals surface area contributed by atoms with Gasteiger partial charge in [-0.25, -0.2) is 4.68 Å². The number of nitrogens with zero attached hydrogens (tertiary/aromatic N) is 2. The van der Waals surface area contributed by atoms with E-state index < -0.39 is 0 Å². The number of aromatic nitrogens is 3. The van der Waals surface area contributed by atoms with Crippen molar-refractivity contribution in [3.8, 4) is 0 Å². The van der Waals surface area contributed by atoms with E-state index in [0.717, 1.165) is 5.39 Å². The molecule has 3 aromatic rings. The van der Waals surface area contributed by atoms with E-state index in [1.807, 2.05) is 13.8 Å². The minimum absolute atomic E-state index is 0.145. The van der Waals surface area contributed by atoms with E-state index in [1.54, 1.807) is 35.3 Å². The Bertz CT molecular complexity index is 933. The van der Waals surface area contributed by atoms with Gasteiger partial charge >= 0.3 is 0 Å². The molecule has 2 N–H and O–H groups in total. The second-order valence-electron chi connectivity index (χ2n) is 5.67. The van der Waals surface area contributed by atoms with Crippen molar-refractivity contribution in [2.75, 3.05) is 0 Å². The zero-order valence-corrected chi connectivity index (χ0v) is 13.4. The molecule has 0 saturated heterocycles. The summed E-state index contributed by atoms with van der Waals surface area (Å²) in [7, 11) is 0. The SMILES string of the molecule is CC(C)n1ncc2cc(/C=C/C(=O)NCc3ccco3)c(=O)[nH]c21. The van der Waals surface area contributed by atoms with Gasteiger partial charge in [-0.1, -0.05) is 0 Å². The summed E-state index contributed by atoms with van der Waals surface area (Å²) in [5, 5.41) is 7.76. The number of carbonyl (C=O) groups excluding carboxylic acids is 1. The largest absolute Gasteiger partial charge is 0.467 e. The maximum absolute atomic E-state index is 12.2. The Morgan fingerprint density at radius 3 is 3.04 bits per heavy atom. The van der Waals surface area contributed by atoms with Crippen molar-refractivity contribution in [2.24, 2.45) is 0 Å². The Balaban J connectivity index is 1.75. The van der Waals surface area contributed by atoms with E-state index in [0.29, 0.717) is 23.5 Å². The van der Waals surface area contributed by atoms with Crippen molar-refractivity contribution in [3.63, 3.8) is 0 Å². The van der Waals surface area contributed by atoms with Crippen molar-refractivity contribution < 1.29 is 9.21 Å². The van der Waals surface area contributed by atoms with Crippen LogP contribution in [0.15, 0.2) is 45.9 Å². The van der Waals surface area contributed by atoms with E-state index in [1.165, 1.54) is 12.2 Å². The lowest BCUT2D eigenvalue weighted by Crippen LogP contribution is -2.20. The summed E-state index contributed by atoms with van der Waals surface area (Å²) in [6.07, 6.45) is 6.05. The fraction of sp³-hybridized carbons (Fsp3) is 0.235. The zero-order chi connectivity index (χ0) is 17.1. The van der Waals surface area contributed by atoms with Gasteiger partial charge in [0.1, 0.15) is 11.4 Å². The molecule has 7 nitrogen and oxygen atoms in total. The van der Waals surface area contributed by atoms with E-state index in [2.05, 4.69) is 15.4 Å². The van der Waals surface area contributed by atoms with Crippen LogP contribution in [0.25, 0.3) is 17.1 Å². The van der Waals surface area contributed by atoms with E-state index in [4.69, 9.17) is 4.42 Å². The molecule has 0 fully saturated rings. The summed E-state index contributed by atoms with van der Waals surface area (Å²) < 4.78 is 6.88. The summed E-state index contributed by atoms with van der Waals surface area (Å²) in [4.78, 5) is 26.8. The number of hydrogen-bond acceptors (Lipinski definition) is 4. The van der Waals surface area contributed by atoms with Crippen LogP contribution in [0.2, 0.25) is 0 Å². The first-order chi connectivity index (χ1) is 11.5. The third-order valence-corrected chi connectivity index (χ3v) is 3.55. The number of carbonyl (C=O) groups is 1. The number of hydrogen-bond donors (Lipinski definition) is 2. The molecule has 0 saturated carbocycles. The number of furan rings is 1. The van der Waals surface area contributed by atoms with Crippen LogP contribution in [-0.4, -0.2) is 20.7 Å². The normalized spacial score (nSPS) is 11.6. The Morgan fingerprint density at radius 2 is 2.33 bits per heavy atom. The molecule has 24 heavy (non-hydrogen) atoms. The van der Waals surface area contributed by atoms with Gasteiger partial charge in [-0.05, 0) is 38.1 Å². The van der Waals surface area contributed by atoms with Gasteiger partial charge in [-0.2, -0.15) is 5.10 Å². The minimum atomic E-state index is -0.302. The number of nitrogens with one attached hydrogen (secondary N) is 2. The molecule has 124 valence electrons. The molecule has 1 amide bonds. The smallest absolute Gasteiger partial charge is 0.256 e. The molecule has 0 bridgehead atoms. The van der Waals surface area contributed by atoms with Gasteiger partial charge < -0.3 is 14.7 Å². The first kappa shape index (κ1) is 15.8. The Morgan fingerprint density at radius 1 is 1.50 bits per heavy atom. The van der Waals surface area contributed by atoms with Gasteiger partial charge in [0.15, 0.2) is 0 Å². The average Bonchev–Trinajstić information content (AvgIpc) is 3.19. The van der Waals surface area contributed by atoms with Crippen LogP contribution in [0.1, 0.15) is 31.2 Å². The minimum Gasteiger partial charge on any atom is -0.467 e. The highest BCUT2D eigenvalue weighted by atomic mass is 16.3. The topological polar surface area (TPSA) is 92.9 Å². The number of amides is 1. The van der Waals surface area contributed by atoms with Crippen LogP contribution < -0.4 is 10.9 Å². The fourth-order valence-corrected chi connectivity index (χ4v) is 2.35. The standard InChI is InChI=1S/C17H18N4O3/c1-11(2)21-16-13(9-19-21)8-12(17(23)20-16)5-6-15(22)18-10-14-4-3-7-24-14/h3-9,11H,10H2,1-2H3,(H,18,22)(H,20,23)/b6-5+. The quantitative estimate of drug-likeness (QED) is 0.703. The van der Waals surface area contributed by atoms with Gasteiger partial charge in [-0.3, -0.25) is 9.59 Å². The van der Waals surface area contributed by atoms with E-state index in [9.17, 15) is 9.59 Å². The van der Waals surface area contributed by atoms with Crippen molar-refractivity contribution in [3.05, 3.63) is 58.4 Å². The summed E-state index contributed by atoms with van der Waals surface area (Å²) in [5.74, 6) is 0.362. The monoisotopic (exact) mass is 326 g/mol. The van der Waals surface area contributed by atoms with Gasteiger partial charge in [0.05, 0.1) is 19.0 Å². The lowest BCUT2D eigenvalue weighted by atomic mass is 10.2. The molecule has 0 aliphatic carbocycles. The summed E-state index contributed by atoms with van der Waals surface area (Å²) >= 11 is 0. The number of rotatable bonds is 5. The molecule has 3 rings (SSSR count). The molecule has 0 aliphatic heterocycles. The average molecular weight is 326 g/mol. The summed E-state index contributed by atoms with van der Waals surface area (Å²) in [6, 6.07) is 5.39. The highest BCUT2D eigenvalue weighted by molar-refractivity contribution is 5.92. The predicted molar refractivity (Wildman–Crippen MR) is 90.3 cm³/mol. The number of aromatic amines is 1. The van der Waals surface area contributed by atoms with Crippen LogP contribution >= 0.6 is 0 Å². The van der Waals surface area contributed by atoms with Crippen LogP contribution in [0.5, 0.6) is 0 Å². The second-order valence-corrected chi connectivity index (χ2v) is 5.67. The van der Waals surface area contributed by atoms with Crippen molar-refractivity contribution >= 4 is 23.0 Å². The van der Waals surface area contributed by atoms with Crippen LogP contribution in [-0.2, 0) is 11.3 Å². The van der Waals surface area contributed by atoms with Crippen LogP contribution in [0, 0.1) is 0 Å². The van der Waals surface area contributed by atoms with Gasteiger partial charge in [0.2, 0.25) is 5.91 Å². The Hall–Kier alpha value is -3.09. The molecule has 3 heterocycles. The fourth-order valence-electron chi connectivity index (χ4n) is 2.35. The zero-order valence-electron chi connectivity index (χ0n) is 13.4. The molecular formula is C17H18N4O3. The van der Waals surface area contributed by atoms with E-state index in [-0.39, 0.29) is 17.5 Å². The molecule has 0 unspecified atom stereocenters. The first-order valence-electron chi connectivity index (χ1n) is 7.63. The highest BCUT2D eigenvalue weighted by Crippen LogP contribution is 2.15. The van der Waals surface area contributed by atoms with Gasteiger partial charge in [-0.15, -0.1) is 0 Å². The third kappa shape index (κ3) is 3.29. The first-order valence-corrected chi connectivity index (χ1v) is 7.63. The molecule has 0 aliphatic rings. The predicted octanol–water partition coefficient (Wildman–Crippen LogP) is 2.23. The van der Waals surface area contributed by atoms with Crippen molar-refractivity contribution in [2.45, 2.75) is 26.4 Å². The molecule has 0 atom stereocenters. The molecule has 7 heteroatoms. The maximum Gasteiger partial charge on any atom is 0.256 e. The van der Waals surface area contributed by atoms with Crippen LogP contribution in [0.3, 0.4) is 0 Å². The van der Waals surface area contributed by atoms with Crippen LogP contribution in [0.4, 0.5) is 0 Å². The number of fused-ring (bicyclic) bond motifs is 1. The van der Waals surface area contributed by atoms with Crippen molar-refractivity contribution in [1.82, 2.24) is 20.1 Å². The summed E-state index contributed by atoms with van der Waals surface area (Å²) in [5.41, 5.74) is 0.813. The molecule has 0 aromatic carbocycles. The van der Waals surface area contributed by atoms with Gasteiger partial charge in [0.25, 0.3) is 5.56 Å². The van der Waals surface area contributed by atoms with Crippen molar-refractivity contribution in [1.29, 1.82) is 0 Å². The number of H-pyrrole nitrogens is 1. The van der Waals surface area contributed by atoms with E-state index >= 15 is 0 Å². The molecular weight excluding hydrogens is 308 g/mol. The highest BCUT2D eigenvalue weighted by Gasteiger charge is 2.09.